The van der Waals surface area contributed by atoms with Gasteiger partial charge in [0.05, 0.1) is 12.0 Å². The Kier molecular flexibility index (Phi) is 6.65. The second-order valence-electron chi connectivity index (χ2n) is 5.70. The van der Waals surface area contributed by atoms with Crippen LogP contribution in [0, 0.1) is 5.41 Å². The fourth-order valence-corrected chi connectivity index (χ4v) is 2.58. The van der Waals surface area contributed by atoms with Crippen molar-refractivity contribution in [2.24, 2.45) is 5.41 Å². The zero-order valence-electron chi connectivity index (χ0n) is 13.0. The lowest BCUT2D eigenvalue weighted by Gasteiger charge is -2.27. The SMILES string of the molecule is CCC(CC)(CNC(=O)CN1CCCCCC1=O)C(=O)O. The molecule has 0 aliphatic carbocycles. The lowest BCUT2D eigenvalue weighted by atomic mass is 9.82. The van der Waals surface area contributed by atoms with Gasteiger partial charge in [-0.05, 0) is 25.7 Å². The van der Waals surface area contributed by atoms with Crippen LogP contribution in [0.5, 0.6) is 0 Å². The maximum absolute atomic E-state index is 12.0. The van der Waals surface area contributed by atoms with Crippen molar-refractivity contribution in [3.8, 4) is 0 Å². The van der Waals surface area contributed by atoms with Crippen molar-refractivity contribution < 1.29 is 19.5 Å². The molecule has 0 bridgehead atoms. The van der Waals surface area contributed by atoms with E-state index in [-0.39, 0.29) is 24.9 Å². The van der Waals surface area contributed by atoms with Crippen molar-refractivity contribution in [1.29, 1.82) is 0 Å². The first-order valence-corrected chi connectivity index (χ1v) is 7.73. The van der Waals surface area contributed by atoms with Crippen molar-refractivity contribution in [3.05, 3.63) is 0 Å². The smallest absolute Gasteiger partial charge is 0.311 e. The minimum atomic E-state index is -0.918. The van der Waals surface area contributed by atoms with Crippen molar-refractivity contribution in [2.45, 2.75) is 52.4 Å². The van der Waals surface area contributed by atoms with Crippen LogP contribution in [-0.2, 0) is 14.4 Å². The summed E-state index contributed by atoms with van der Waals surface area (Å²) in [6.07, 6.45) is 4.23. The predicted octanol–water partition coefficient (Wildman–Crippen LogP) is 1.40. The van der Waals surface area contributed by atoms with Crippen LogP contribution in [0.25, 0.3) is 0 Å². The topological polar surface area (TPSA) is 86.7 Å². The molecule has 0 atom stereocenters. The molecule has 0 saturated carbocycles. The molecule has 0 spiro atoms. The Balaban J connectivity index is 2.52. The molecule has 2 amide bonds. The molecular formula is C15H26N2O4. The number of amides is 2. The standard InChI is InChI=1S/C15H26N2O4/c1-3-15(4-2,14(20)21)11-16-12(18)10-17-9-7-5-6-8-13(17)19/h3-11H2,1-2H3,(H,16,18)(H,20,21). The Labute approximate surface area is 125 Å². The predicted molar refractivity (Wildman–Crippen MR) is 78.7 cm³/mol. The number of nitrogens with one attached hydrogen (secondary N) is 1. The molecule has 0 radical (unpaired) electrons. The van der Waals surface area contributed by atoms with Crippen molar-refractivity contribution in [1.82, 2.24) is 10.2 Å². The van der Waals surface area contributed by atoms with Gasteiger partial charge in [0.25, 0.3) is 0 Å². The molecule has 0 aromatic carbocycles. The number of carboxylic acids is 1. The second kappa shape index (κ2) is 8.00. The molecule has 1 saturated heterocycles. The van der Waals surface area contributed by atoms with Gasteiger partial charge in [-0.2, -0.15) is 0 Å². The summed E-state index contributed by atoms with van der Waals surface area (Å²) in [5.74, 6) is -1.16. The number of carbonyl (C=O) groups is 3. The largest absolute Gasteiger partial charge is 0.481 e. The highest BCUT2D eigenvalue weighted by molar-refractivity contribution is 5.85. The first-order valence-electron chi connectivity index (χ1n) is 7.73. The molecule has 21 heavy (non-hydrogen) atoms. The van der Waals surface area contributed by atoms with Crippen LogP contribution in [0.1, 0.15) is 52.4 Å². The van der Waals surface area contributed by atoms with E-state index in [4.69, 9.17) is 0 Å². The summed E-state index contributed by atoms with van der Waals surface area (Å²) in [6.45, 7) is 4.36. The first-order chi connectivity index (χ1) is 9.95. The lowest BCUT2D eigenvalue weighted by Crippen LogP contribution is -2.46. The summed E-state index contributed by atoms with van der Waals surface area (Å²) < 4.78 is 0. The third kappa shape index (κ3) is 4.72. The minimum Gasteiger partial charge on any atom is -0.481 e. The van der Waals surface area contributed by atoms with E-state index < -0.39 is 11.4 Å². The first kappa shape index (κ1) is 17.5. The van der Waals surface area contributed by atoms with Gasteiger partial charge in [-0.15, -0.1) is 0 Å². The lowest BCUT2D eigenvalue weighted by molar-refractivity contribution is -0.149. The van der Waals surface area contributed by atoms with E-state index in [1.807, 2.05) is 13.8 Å². The van der Waals surface area contributed by atoms with E-state index in [1.165, 1.54) is 0 Å². The van der Waals surface area contributed by atoms with E-state index >= 15 is 0 Å². The summed E-state index contributed by atoms with van der Waals surface area (Å²) in [5.41, 5.74) is -0.918. The number of likely N-dealkylation sites (tertiary alicyclic amines) is 1. The monoisotopic (exact) mass is 298 g/mol. The van der Waals surface area contributed by atoms with Crippen LogP contribution in [0.4, 0.5) is 0 Å². The van der Waals surface area contributed by atoms with Gasteiger partial charge in [0.1, 0.15) is 0 Å². The molecule has 1 aliphatic heterocycles. The number of nitrogens with zero attached hydrogens (tertiary/aromatic N) is 1. The Morgan fingerprint density at radius 3 is 2.48 bits per heavy atom. The van der Waals surface area contributed by atoms with E-state index in [0.29, 0.717) is 25.8 Å². The Bertz CT molecular complexity index is 391. The Morgan fingerprint density at radius 1 is 1.24 bits per heavy atom. The van der Waals surface area contributed by atoms with Gasteiger partial charge in [0.15, 0.2) is 0 Å². The van der Waals surface area contributed by atoms with E-state index in [1.54, 1.807) is 4.90 Å². The fourth-order valence-electron chi connectivity index (χ4n) is 2.58. The van der Waals surface area contributed by atoms with E-state index in [9.17, 15) is 19.5 Å². The summed E-state index contributed by atoms with van der Waals surface area (Å²) in [5, 5.41) is 12.0. The fraction of sp³-hybridized carbons (Fsp3) is 0.800. The molecule has 0 aromatic heterocycles. The molecule has 0 aromatic rings. The third-order valence-corrected chi connectivity index (χ3v) is 4.44. The zero-order valence-corrected chi connectivity index (χ0v) is 13.0. The van der Waals surface area contributed by atoms with Crippen LogP contribution in [0.3, 0.4) is 0 Å². The molecule has 2 N–H and O–H groups in total. The molecular weight excluding hydrogens is 272 g/mol. The maximum Gasteiger partial charge on any atom is 0.311 e. The number of carboxylic acid groups (broad SMARTS) is 1. The molecule has 1 rings (SSSR count). The number of hydrogen-bond acceptors (Lipinski definition) is 3. The van der Waals surface area contributed by atoms with Gasteiger partial charge in [-0.3, -0.25) is 14.4 Å². The van der Waals surface area contributed by atoms with Crippen molar-refractivity contribution in [2.75, 3.05) is 19.6 Å². The van der Waals surface area contributed by atoms with Crippen LogP contribution in [-0.4, -0.2) is 47.4 Å². The third-order valence-electron chi connectivity index (χ3n) is 4.44. The molecule has 6 heteroatoms. The summed E-state index contributed by atoms with van der Waals surface area (Å²) in [6, 6.07) is 0. The minimum absolute atomic E-state index is 0.0122. The van der Waals surface area contributed by atoms with Crippen LogP contribution < -0.4 is 5.32 Å². The Morgan fingerprint density at radius 2 is 1.90 bits per heavy atom. The van der Waals surface area contributed by atoms with E-state index in [0.717, 1.165) is 19.3 Å². The molecule has 1 heterocycles. The Hall–Kier alpha value is -1.59. The van der Waals surface area contributed by atoms with Gasteiger partial charge in [0.2, 0.25) is 11.8 Å². The summed E-state index contributed by atoms with van der Waals surface area (Å²) >= 11 is 0. The average molecular weight is 298 g/mol. The van der Waals surface area contributed by atoms with Crippen LogP contribution in [0.15, 0.2) is 0 Å². The number of hydrogen-bond donors (Lipinski definition) is 2. The highest BCUT2D eigenvalue weighted by Gasteiger charge is 2.35. The molecule has 6 nitrogen and oxygen atoms in total. The summed E-state index contributed by atoms with van der Waals surface area (Å²) in [4.78, 5) is 36.7. The number of aliphatic carboxylic acids is 1. The van der Waals surface area contributed by atoms with Gasteiger partial charge in [-0.1, -0.05) is 20.3 Å². The molecule has 1 fully saturated rings. The van der Waals surface area contributed by atoms with Gasteiger partial charge >= 0.3 is 5.97 Å². The van der Waals surface area contributed by atoms with Gasteiger partial charge < -0.3 is 15.3 Å². The zero-order chi connectivity index (χ0) is 15.9. The highest BCUT2D eigenvalue weighted by Crippen LogP contribution is 2.25. The van der Waals surface area contributed by atoms with Crippen LogP contribution >= 0.6 is 0 Å². The molecule has 0 unspecified atom stereocenters. The average Bonchev–Trinajstić information content (AvgIpc) is 2.65. The van der Waals surface area contributed by atoms with Crippen molar-refractivity contribution >= 4 is 17.8 Å². The maximum atomic E-state index is 12.0. The molecule has 120 valence electrons. The summed E-state index contributed by atoms with van der Waals surface area (Å²) in [7, 11) is 0. The van der Waals surface area contributed by atoms with E-state index in [2.05, 4.69) is 5.32 Å². The normalized spacial score (nSPS) is 16.5. The molecule has 1 aliphatic rings. The number of carbonyl (C=O) groups excluding carboxylic acids is 2. The van der Waals surface area contributed by atoms with Crippen molar-refractivity contribution in [3.63, 3.8) is 0 Å². The van der Waals surface area contributed by atoms with Gasteiger partial charge in [0, 0.05) is 19.5 Å². The van der Waals surface area contributed by atoms with Gasteiger partial charge in [-0.25, -0.2) is 0 Å². The highest BCUT2D eigenvalue weighted by atomic mass is 16.4. The number of rotatable bonds is 7. The van der Waals surface area contributed by atoms with Crippen LogP contribution in [0.2, 0.25) is 0 Å². The second-order valence-corrected chi connectivity index (χ2v) is 5.70. The quantitative estimate of drug-likeness (QED) is 0.743.